The SMILES string of the molecule is CC(C)Cn1c(SCC(=O)NC(=O)NCC(F)(F)F)nc2ccccc2c1=O. The predicted octanol–water partition coefficient (Wildman–Crippen LogP) is 2.53. The number of hydrogen-bond acceptors (Lipinski definition) is 5. The molecule has 0 spiro atoms. The lowest BCUT2D eigenvalue weighted by Crippen LogP contribution is -2.44. The number of alkyl halides is 3. The second kappa shape index (κ2) is 9.09. The third-order valence-corrected chi connectivity index (χ3v) is 4.39. The summed E-state index contributed by atoms with van der Waals surface area (Å²) in [5.41, 5.74) is 0.225. The molecule has 0 saturated carbocycles. The Labute approximate surface area is 162 Å². The summed E-state index contributed by atoms with van der Waals surface area (Å²) in [6.07, 6.45) is -4.57. The summed E-state index contributed by atoms with van der Waals surface area (Å²) in [6.45, 7) is 2.69. The molecule has 152 valence electrons. The summed E-state index contributed by atoms with van der Waals surface area (Å²) >= 11 is 0.929. The van der Waals surface area contributed by atoms with Crippen LogP contribution >= 0.6 is 11.8 Å². The smallest absolute Gasteiger partial charge is 0.329 e. The maximum absolute atomic E-state index is 12.7. The zero-order chi connectivity index (χ0) is 20.9. The largest absolute Gasteiger partial charge is 0.405 e. The molecule has 28 heavy (non-hydrogen) atoms. The van der Waals surface area contributed by atoms with Gasteiger partial charge < -0.3 is 5.32 Å². The van der Waals surface area contributed by atoms with Gasteiger partial charge in [0.25, 0.3) is 5.56 Å². The van der Waals surface area contributed by atoms with Gasteiger partial charge in [0.05, 0.1) is 16.7 Å². The highest BCUT2D eigenvalue weighted by molar-refractivity contribution is 7.99. The minimum atomic E-state index is -4.57. The number of rotatable bonds is 6. The van der Waals surface area contributed by atoms with Crippen molar-refractivity contribution in [3.63, 3.8) is 0 Å². The first-order chi connectivity index (χ1) is 13.1. The molecule has 0 aliphatic rings. The number of urea groups is 1. The van der Waals surface area contributed by atoms with E-state index >= 15 is 0 Å². The first-order valence-corrected chi connectivity index (χ1v) is 9.32. The quantitative estimate of drug-likeness (QED) is 0.558. The molecule has 2 aromatic rings. The van der Waals surface area contributed by atoms with Gasteiger partial charge in [-0.1, -0.05) is 37.7 Å². The van der Waals surface area contributed by atoms with E-state index in [0.29, 0.717) is 22.6 Å². The predicted molar refractivity (Wildman–Crippen MR) is 99.2 cm³/mol. The number of carbonyl (C=O) groups is 2. The highest BCUT2D eigenvalue weighted by atomic mass is 32.2. The van der Waals surface area contributed by atoms with Gasteiger partial charge in [-0.25, -0.2) is 9.78 Å². The molecule has 7 nitrogen and oxygen atoms in total. The lowest BCUT2D eigenvalue weighted by molar-refractivity contribution is -0.124. The number of nitrogens with one attached hydrogen (secondary N) is 2. The molecular formula is C17H19F3N4O3S. The molecule has 0 atom stereocenters. The van der Waals surface area contributed by atoms with Crippen LogP contribution in [0.4, 0.5) is 18.0 Å². The number of nitrogens with zero attached hydrogens (tertiary/aromatic N) is 2. The van der Waals surface area contributed by atoms with E-state index in [1.54, 1.807) is 29.6 Å². The number of halogens is 3. The van der Waals surface area contributed by atoms with E-state index in [4.69, 9.17) is 0 Å². The van der Waals surface area contributed by atoms with Gasteiger partial charge in [-0.05, 0) is 18.1 Å². The second-order valence-corrected chi connectivity index (χ2v) is 7.30. The summed E-state index contributed by atoms with van der Waals surface area (Å²) in [7, 11) is 0. The van der Waals surface area contributed by atoms with Gasteiger partial charge in [-0.2, -0.15) is 13.2 Å². The molecule has 1 heterocycles. The van der Waals surface area contributed by atoms with Crippen LogP contribution in [0.15, 0.2) is 34.2 Å². The van der Waals surface area contributed by atoms with Crippen molar-refractivity contribution in [1.29, 1.82) is 0 Å². The Bertz CT molecular complexity index is 928. The van der Waals surface area contributed by atoms with Crippen LogP contribution in [-0.4, -0.2) is 40.0 Å². The van der Waals surface area contributed by atoms with Crippen molar-refractivity contribution in [3.8, 4) is 0 Å². The van der Waals surface area contributed by atoms with Crippen molar-refractivity contribution < 1.29 is 22.8 Å². The van der Waals surface area contributed by atoms with Crippen molar-refractivity contribution in [2.75, 3.05) is 12.3 Å². The van der Waals surface area contributed by atoms with E-state index in [0.717, 1.165) is 11.8 Å². The molecule has 0 unspecified atom stereocenters. The number of amides is 3. The Hall–Kier alpha value is -2.56. The number of aromatic nitrogens is 2. The lowest BCUT2D eigenvalue weighted by Gasteiger charge is -2.15. The molecule has 1 aromatic heterocycles. The Morgan fingerprint density at radius 1 is 1.25 bits per heavy atom. The zero-order valence-electron chi connectivity index (χ0n) is 15.2. The van der Waals surface area contributed by atoms with Crippen LogP contribution in [0.25, 0.3) is 10.9 Å². The zero-order valence-corrected chi connectivity index (χ0v) is 16.0. The van der Waals surface area contributed by atoms with Crippen molar-refractivity contribution in [1.82, 2.24) is 20.2 Å². The van der Waals surface area contributed by atoms with Crippen molar-refractivity contribution in [3.05, 3.63) is 34.6 Å². The van der Waals surface area contributed by atoms with Crippen molar-refractivity contribution >= 4 is 34.6 Å². The molecule has 3 amide bonds. The number of hydrogen-bond donors (Lipinski definition) is 2. The van der Waals surface area contributed by atoms with Crippen LogP contribution in [0, 0.1) is 5.92 Å². The molecule has 0 aliphatic heterocycles. The minimum absolute atomic E-state index is 0.141. The Morgan fingerprint density at radius 3 is 2.57 bits per heavy atom. The number of fused-ring (bicyclic) bond motifs is 1. The molecule has 2 N–H and O–H groups in total. The van der Waals surface area contributed by atoms with Gasteiger partial charge >= 0.3 is 12.2 Å². The van der Waals surface area contributed by atoms with Gasteiger partial charge in [0, 0.05) is 6.54 Å². The topological polar surface area (TPSA) is 93.1 Å². The standard InChI is InChI=1S/C17H19F3N4O3S/c1-10(2)7-24-14(26)11-5-3-4-6-12(11)22-16(24)28-8-13(25)23-15(27)21-9-17(18,19)20/h3-6,10H,7-9H2,1-2H3,(H2,21,23,25,27). The summed E-state index contributed by atoms with van der Waals surface area (Å²) in [6, 6.07) is 5.55. The number of imide groups is 1. The first kappa shape index (κ1) is 21.7. The van der Waals surface area contributed by atoms with Gasteiger partial charge in [0.15, 0.2) is 5.16 Å². The summed E-state index contributed by atoms with van der Waals surface area (Å²) < 4.78 is 37.6. The van der Waals surface area contributed by atoms with E-state index in [-0.39, 0.29) is 17.2 Å². The van der Waals surface area contributed by atoms with Crippen molar-refractivity contribution in [2.24, 2.45) is 5.92 Å². The van der Waals surface area contributed by atoms with Gasteiger partial charge in [-0.3, -0.25) is 19.5 Å². The highest BCUT2D eigenvalue weighted by Crippen LogP contribution is 2.18. The van der Waals surface area contributed by atoms with E-state index in [1.807, 2.05) is 19.2 Å². The second-order valence-electron chi connectivity index (χ2n) is 6.36. The number of benzene rings is 1. The Morgan fingerprint density at radius 2 is 1.93 bits per heavy atom. The molecule has 1 aromatic carbocycles. The van der Waals surface area contributed by atoms with Crippen molar-refractivity contribution in [2.45, 2.75) is 31.7 Å². The van der Waals surface area contributed by atoms with E-state index in [1.165, 1.54) is 4.57 Å². The van der Waals surface area contributed by atoms with Gasteiger partial charge in [0.2, 0.25) is 5.91 Å². The maximum atomic E-state index is 12.7. The van der Waals surface area contributed by atoms with Crippen LogP contribution < -0.4 is 16.2 Å². The normalized spacial score (nSPS) is 11.6. The van der Waals surface area contributed by atoms with E-state index < -0.39 is 24.7 Å². The Balaban J connectivity index is 2.11. The monoisotopic (exact) mass is 416 g/mol. The van der Waals surface area contributed by atoms with Crippen LogP contribution in [-0.2, 0) is 11.3 Å². The van der Waals surface area contributed by atoms with Crippen LogP contribution in [0.2, 0.25) is 0 Å². The average Bonchev–Trinajstić information content (AvgIpc) is 2.60. The average molecular weight is 416 g/mol. The number of carbonyl (C=O) groups excluding carboxylic acids is 2. The molecule has 11 heteroatoms. The molecule has 0 fully saturated rings. The number of thioether (sulfide) groups is 1. The van der Waals surface area contributed by atoms with Crippen LogP contribution in [0.1, 0.15) is 13.8 Å². The summed E-state index contributed by atoms with van der Waals surface area (Å²) in [4.78, 5) is 40.3. The third-order valence-electron chi connectivity index (χ3n) is 3.41. The maximum Gasteiger partial charge on any atom is 0.405 e. The van der Waals surface area contributed by atoms with Crippen LogP contribution in [0.3, 0.4) is 0 Å². The van der Waals surface area contributed by atoms with E-state index in [9.17, 15) is 27.6 Å². The van der Waals surface area contributed by atoms with E-state index in [2.05, 4.69) is 4.98 Å². The molecule has 0 aliphatic carbocycles. The lowest BCUT2D eigenvalue weighted by atomic mass is 10.2. The van der Waals surface area contributed by atoms with Crippen LogP contribution in [0.5, 0.6) is 0 Å². The Kier molecular flexibility index (Phi) is 7.05. The summed E-state index contributed by atoms with van der Waals surface area (Å²) in [5, 5.41) is 4.10. The highest BCUT2D eigenvalue weighted by Gasteiger charge is 2.28. The number of para-hydroxylation sites is 1. The fourth-order valence-electron chi connectivity index (χ4n) is 2.30. The molecule has 0 radical (unpaired) electrons. The molecule has 0 saturated heterocycles. The van der Waals surface area contributed by atoms with Gasteiger partial charge in [0.1, 0.15) is 6.54 Å². The molecule has 2 rings (SSSR count). The molecule has 0 bridgehead atoms. The fraction of sp³-hybridized carbons (Fsp3) is 0.412. The third kappa shape index (κ3) is 6.25. The summed E-state index contributed by atoms with van der Waals surface area (Å²) in [5.74, 6) is -0.951. The first-order valence-electron chi connectivity index (χ1n) is 8.33. The minimum Gasteiger partial charge on any atom is -0.329 e. The molecular weight excluding hydrogens is 397 g/mol. The van der Waals surface area contributed by atoms with Gasteiger partial charge in [-0.15, -0.1) is 0 Å². The fourth-order valence-corrected chi connectivity index (χ4v) is 3.11.